The molecule has 0 aliphatic heterocycles. The van der Waals surface area contributed by atoms with Gasteiger partial charge in [-0.15, -0.1) is 23.8 Å². The van der Waals surface area contributed by atoms with Crippen molar-refractivity contribution in [2.45, 2.75) is 99.2 Å². The molecule has 1 radical (unpaired) electrons. The molecule has 0 atom stereocenters. The van der Waals surface area contributed by atoms with Gasteiger partial charge in [0.2, 0.25) is 5.71 Å². The molecule has 2 aromatic carbocycles. The van der Waals surface area contributed by atoms with E-state index in [-0.39, 0.29) is 25.5 Å². The Morgan fingerprint density at radius 3 is 2.12 bits per heavy atom. The van der Waals surface area contributed by atoms with Crippen molar-refractivity contribution in [2.24, 2.45) is 10.8 Å². The molecule has 0 bridgehead atoms. The summed E-state index contributed by atoms with van der Waals surface area (Å²) >= 11 is -2.24. The zero-order valence-electron chi connectivity index (χ0n) is 39.7. The maximum Gasteiger partial charge on any atom is 0 e. The fraction of sp³-hybridized carbons (Fsp3) is 0.347. The number of rotatable bonds is 6. The Balaban J connectivity index is 0.000000253. The number of nitrogens with zero attached hydrogens (tertiary/aromatic N) is 4. The minimum atomic E-state index is -2.24. The van der Waals surface area contributed by atoms with Crippen molar-refractivity contribution in [3.05, 3.63) is 125 Å². The molecule has 293 valence electrons. The van der Waals surface area contributed by atoms with Crippen LogP contribution < -0.4 is 4.40 Å². The fourth-order valence-electron chi connectivity index (χ4n) is 6.97. The minimum Gasteiger partial charge on any atom is 0 e. The molecule has 0 saturated heterocycles. The van der Waals surface area contributed by atoms with Gasteiger partial charge in [0, 0.05) is 64.5 Å². The number of fused-ring (bicyclic) bond motifs is 3. The van der Waals surface area contributed by atoms with Crippen LogP contribution in [0.15, 0.2) is 83.7 Å². The first-order chi connectivity index (χ1) is 27.7. The normalized spacial score (nSPS) is 13.8. The van der Waals surface area contributed by atoms with Crippen LogP contribution in [-0.2, 0) is 32.9 Å². The van der Waals surface area contributed by atoms with Crippen LogP contribution in [0.5, 0.6) is 0 Å². The number of hydrogen-bond acceptors (Lipinski definition) is 5. The van der Waals surface area contributed by atoms with Crippen molar-refractivity contribution in [3.63, 3.8) is 0 Å². The molecule has 0 saturated carbocycles. The first-order valence-corrected chi connectivity index (χ1v) is 26.3. The van der Waals surface area contributed by atoms with Crippen molar-refractivity contribution >= 4 is 39.7 Å². The van der Waals surface area contributed by atoms with E-state index in [0.717, 1.165) is 71.2 Å². The second-order valence-corrected chi connectivity index (χ2v) is 28.4. The number of hydrogen-bond donors (Lipinski definition) is 0. The Bertz CT molecular complexity index is 2670. The van der Waals surface area contributed by atoms with Crippen LogP contribution in [0.3, 0.4) is 0 Å². The number of furan rings is 1. The summed E-state index contributed by atoms with van der Waals surface area (Å²) in [6.07, 6.45) is 4.45. The van der Waals surface area contributed by atoms with E-state index in [1.165, 1.54) is 6.20 Å². The third-order valence-electron chi connectivity index (χ3n) is 9.27. The maximum atomic E-state index is 8.76. The van der Waals surface area contributed by atoms with Gasteiger partial charge >= 0.3 is 135 Å². The van der Waals surface area contributed by atoms with Crippen LogP contribution in [0.1, 0.15) is 82.0 Å². The molecule has 5 aromatic heterocycles. The Hall–Kier alpha value is -3.97. The van der Waals surface area contributed by atoms with Gasteiger partial charge in [0.15, 0.2) is 0 Å². The van der Waals surface area contributed by atoms with Crippen LogP contribution in [0.2, 0.25) is 17.3 Å². The Morgan fingerprint density at radius 2 is 1.48 bits per heavy atom. The predicted octanol–water partition coefficient (Wildman–Crippen LogP) is 12.4. The average Bonchev–Trinajstić information content (AvgIpc) is 3.50. The van der Waals surface area contributed by atoms with Crippen molar-refractivity contribution in [1.82, 2.24) is 19.9 Å². The Kier molecular flexibility index (Phi) is 11.0. The molecule has 7 rings (SSSR count). The molecule has 0 aliphatic rings. The van der Waals surface area contributed by atoms with Gasteiger partial charge in [-0.2, -0.15) is 0 Å². The van der Waals surface area contributed by atoms with E-state index in [4.69, 9.17) is 11.3 Å². The van der Waals surface area contributed by atoms with Crippen LogP contribution in [-0.4, -0.2) is 33.2 Å². The quantitative estimate of drug-likeness (QED) is 0.123. The van der Waals surface area contributed by atoms with Gasteiger partial charge in [0.1, 0.15) is 0 Å². The van der Waals surface area contributed by atoms with Gasteiger partial charge in [0.05, 0.1) is 5.58 Å². The van der Waals surface area contributed by atoms with Gasteiger partial charge in [-0.3, -0.25) is 4.98 Å². The van der Waals surface area contributed by atoms with Crippen LogP contribution >= 0.6 is 0 Å². The molecular weight excluding hydrogens is 925 g/mol. The van der Waals surface area contributed by atoms with Crippen LogP contribution in [0.4, 0.5) is 0 Å². The van der Waals surface area contributed by atoms with Crippen molar-refractivity contribution in [2.75, 3.05) is 0 Å². The topological polar surface area (TPSA) is 64.7 Å². The molecule has 0 fully saturated rings. The molecule has 56 heavy (non-hydrogen) atoms. The van der Waals surface area contributed by atoms with Crippen molar-refractivity contribution < 1.29 is 31.4 Å². The molecule has 0 spiro atoms. The van der Waals surface area contributed by atoms with Gasteiger partial charge in [-0.1, -0.05) is 37.8 Å². The van der Waals surface area contributed by atoms with Gasteiger partial charge < -0.3 is 9.40 Å². The van der Waals surface area contributed by atoms with E-state index in [2.05, 4.69) is 89.2 Å². The molecule has 5 heterocycles. The second kappa shape index (κ2) is 16.9. The summed E-state index contributed by atoms with van der Waals surface area (Å²) in [6, 6.07) is 26.0. The van der Waals surface area contributed by atoms with Crippen molar-refractivity contribution in [3.8, 4) is 33.6 Å². The number of benzene rings is 2. The summed E-state index contributed by atoms with van der Waals surface area (Å²) in [4.78, 5) is 18.4. The first-order valence-electron chi connectivity index (χ1n) is 21.4. The maximum absolute atomic E-state index is 8.76. The Labute approximate surface area is 358 Å². The van der Waals surface area contributed by atoms with Gasteiger partial charge in [0.25, 0.3) is 0 Å². The predicted molar refractivity (Wildman–Crippen MR) is 234 cm³/mol. The third-order valence-corrected chi connectivity index (χ3v) is 13.5. The molecule has 5 nitrogen and oxygen atoms in total. The van der Waals surface area contributed by atoms with Crippen LogP contribution in [0.25, 0.3) is 55.7 Å². The van der Waals surface area contributed by atoms with E-state index >= 15 is 0 Å². The summed E-state index contributed by atoms with van der Waals surface area (Å²) in [5.74, 6) is 6.86. The third kappa shape index (κ3) is 10.3. The van der Waals surface area contributed by atoms with E-state index in [1.54, 1.807) is 6.07 Å². The number of aromatic nitrogens is 4. The minimum absolute atomic E-state index is 0. The number of pyridine rings is 4. The van der Waals surface area contributed by atoms with E-state index in [0.29, 0.717) is 29.0 Å². The molecule has 7 aromatic rings. The van der Waals surface area contributed by atoms with E-state index < -0.39 is 31.9 Å². The standard InChI is InChI=1S/C30H30N3O.C19H26GeN.Ir/c1-17-10-19(3)33-20(4)28(17)23-12-25-24-11-21(8-9-27(24)34-29(25)32-16-23)26-13-22(14-30(5,6)7)18(2)15-31-26;1-19(2,3)13-16-12-18(15-10-8-7-9-11-15)21-14-17(16)20(4,5)6;/h9-13,15-16H,14H2,1-7H3;7-10,12,14H,13H2,1-6H3;/q2*-1;/i2D3;13D2;. The Morgan fingerprint density at radius 1 is 0.768 bits per heavy atom. The number of aryl methyl sites for hydroxylation is 4. The van der Waals surface area contributed by atoms with Crippen molar-refractivity contribution in [1.29, 1.82) is 0 Å². The summed E-state index contributed by atoms with van der Waals surface area (Å²) in [7, 11) is 0. The molecule has 0 unspecified atom stereocenters. The zero-order valence-corrected chi connectivity index (χ0v) is 39.2. The first kappa shape index (κ1) is 36.4. The summed E-state index contributed by atoms with van der Waals surface area (Å²) in [5, 5.41) is 1.81. The molecule has 7 heteroatoms. The zero-order chi connectivity index (χ0) is 44.2. The van der Waals surface area contributed by atoms with Crippen LogP contribution in [0, 0.1) is 50.6 Å². The molecular formula is C49H56GeIrN4O-2. The molecule has 0 amide bonds. The largest absolute Gasteiger partial charge is 0 e. The average molecular weight is 987 g/mol. The fourth-order valence-corrected chi connectivity index (χ4v) is 9.90. The molecule has 0 N–H and O–H groups in total. The molecule has 0 aliphatic carbocycles. The van der Waals surface area contributed by atoms with Gasteiger partial charge in [-0.25, -0.2) is 4.98 Å². The smallest absolute Gasteiger partial charge is 0 e. The summed E-state index contributed by atoms with van der Waals surface area (Å²) < 4.78 is 48.6. The SMILES string of the molecule is [2H]C([2H])([2H])c1cnc(-c2[c-]cc3oc4ncc(-c5c(C)cc(C)nc5C)cc4c3c2)cc1CC(C)(C)C.[2H]C([2H])(c1cc(-c2[c-]cccc2)nc[c]1[Ge]([CH3])([CH3])[CH3])C(C)(C)C.[Ir]. The monoisotopic (exact) mass is 988 g/mol. The summed E-state index contributed by atoms with van der Waals surface area (Å²) in [5.41, 5.74) is 10.9. The van der Waals surface area contributed by atoms with E-state index in [9.17, 15) is 0 Å². The summed E-state index contributed by atoms with van der Waals surface area (Å²) in [6.45, 7) is 16.1. The second-order valence-electron chi connectivity index (χ2n) is 17.8. The van der Waals surface area contributed by atoms with E-state index in [1.807, 2.05) is 89.5 Å². The van der Waals surface area contributed by atoms with Gasteiger partial charge in [-0.05, 0) is 68.4 Å².